The lowest BCUT2D eigenvalue weighted by atomic mass is 9.89. The normalized spacial score (nSPS) is 20.2. The first kappa shape index (κ1) is 13.9. The van der Waals surface area contributed by atoms with Gasteiger partial charge in [-0.15, -0.1) is 0 Å². The molecule has 3 nitrogen and oxygen atoms in total. The number of ether oxygens (including phenoxy) is 1. The number of carbonyl (C=O) groups is 1. The number of hydrogen-bond acceptors (Lipinski definition) is 2. The summed E-state index contributed by atoms with van der Waals surface area (Å²) in [6.07, 6.45) is 3.16. The monoisotopic (exact) mass is 261 g/mol. The van der Waals surface area contributed by atoms with Crippen molar-refractivity contribution < 1.29 is 9.53 Å². The first-order valence-electron chi connectivity index (χ1n) is 7.18. The van der Waals surface area contributed by atoms with Crippen molar-refractivity contribution >= 4 is 6.09 Å². The predicted octanol–water partition coefficient (Wildman–Crippen LogP) is 3.94. The van der Waals surface area contributed by atoms with Crippen LogP contribution in [-0.2, 0) is 0 Å². The van der Waals surface area contributed by atoms with E-state index in [-0.39, 0.29) is 6.09 Å². The standard InChI is InChI=1S/C16H23NO2/c1-13(2)14-7-6-11-17(12-10-14)16(18)19-15-8-4-3-5-9-15/h3-5,8-9,13-14H,6-7,10-12H2,1-2H3. The molecule has 3 heteroatoms. The van der Waals surface area contributed by atoms with Crippen LogP contribution in [0.5, 0.6) is 5.75 Å². The van der Waals surface area contributed by atoms with Crippen LogP contribution in [0, 0.1) is 11.8 Å². The molecule has 1 heterocycles. The third kappa shape index (κ3) is 3.98. The molecule has 0 aromatic heterocycles. The number of benzene rings is 1. The Morgan fingerprint density at radius 2 is 1.95 bits per heavy atom. The molecule has 2 rings (SSSR count). The molecule has 1 aliphatic heterocycles. The van der Waals surface area contributed by atoms with Gasteiger partial charge in [0.1, 0.15) is 5.75 Å². The van der Waals surface area contributed by atoms with Crippen molar-refractivity contribution in [3.05, 3.63) is 30.3 Å². The molecule has 0 aliphatic carbocycles. The second-order valence-electron chi connectivity index (χ2n) is 5.60. The Kier molecular flexibility index (Phi) is 4.83. The summed E-state index contributed by atoms with van der Waals surface area (Å²) in [5, 5.41) is 0. The summed E-state index contributed by atoms with van der Waals surface area (Å²) in [4.78, 5) is 13.9. The van der Waals surface area contributed by atoms with Gasteiger partial charge in [-0.05, 0) is 43.2 Å². The van der Waals surface area contributed by atoms with Crippen molar-refractivity contribution in [2.24, 2.45) is 11.8 Å². The maximum atomic E-state index is 12.1. The molecule has 1 saturated heterocycles. The number of nitrogens with zero attached hydrogens (tertiary/aromatic N) is 1. The van der Waals surface area contributed by atoms with E-state index in [4.69, 9.17) is 4.74 Å². The van der Waals surface area contributed by atoms with Gasteiger partial charge in [0.2, 0.25) is 0 Å². The van der Waals surface area contributed by atoms with Gasteiger partial charge in [0.25, 0.3) is 0 Å². The Bertz CT molecular complexity index is 402. The third-order valence-electron chi connectivity index (χ3n) is 3.92. The molecule has 1 aromatic carbocycles. The van der Waals surface area contributed by atoms with Crippen LogP contribution in [0.3, 0.4) is 0 Å². The molecule has 1 aromatic rings. The molecular formula is C16H23NO2. The number of carbonyl (C=O) groups excluding carboxylic acids is 1. The Morgan fingerprint density at radius 1 is 1.21 bits per heavy atom. The molecule has 1 aliphatic rings. The van der Waals surface area contributed by atoms with Crippen LogP contribution >= 0.6 is 0 Å². The highest BCUT2D eigenvalue weighted by molar-refractivity contribution is 5.70. The van der Waals surface area contributed by atoms with Crippen molar-refractivity contribution in [1.29, 1.82) is 0 Å². The molecule has 1 atom stereocenters. The maximum absolute atomic E-state index is 12.1. The van der Waals surface area contributed by atoms with E-state index in [9.17, 15) is 4.79 Å². The van der Waals surface area contributed by atoms with Crippen molar-refractivity contribution in [1.82, 2.24) is 4.90 Å². The molecule has 104 valence electrons. The lowest BCUT2D eigenvalue weighted by molar-refractivity contribution is 0.153. The van der Waals surface area contributed by atoms with Gasteiger partial charge in [0.05, 0.1) is 0 Å². The van der Waals surface area contributed by atoms with E-state index in [1.807, 2.05) is 35.2 Å². The fraction of sp³-hybridized carbons (Fsp3) is 0.562. The SMILES string of the molecule is CC(C)C1CCCN(C(=O)Oc2ccccc2)CC1. The molecule has 0 bridgehead atoms. The summed E-state index contributed by atoms with van der Waals surface area (Å²) >= 11 is 0. The second kappa shape index (κ2) is 6.60. The minimum absolute atomic E-state index is 0.212. The zero-order valence-electron chi connectivity index (χ0n) is 11.8. The van der Waals surface area contributed by atoms with Crippen molar-refractivity contribution in [2.75, 3.05) is 13.1 Å². The fourth-order valence-corrected chi connectivity index (χ4v) is 2.63. The lowest BCUT2D eigenvalue weighted by Gasteiger charge is -2.21. The van der Waals surface area contributed by atoms with E-state index in [1.165, 1.54) is 6.42 Å². The van der Waals surface area contributed by atoms with Crippen LogP contribution in [0.15, 0.2) is 30.3 Å². The quantitative estimate of drug-likeness (QED) is 0.807. The number of hydrogen-bond donors (Lipinski definition) is 0. The Hall–Kier alpha value is -1.51. The highest BCUT2D eigenvalue weighted by Crippen LogP contribution is 2.25. The van der Waals surface area contributed by atoms with E-state index in [2.05, 4.69) is 13.8 Å². The van der Waals surface area contributed by atoms with Crippen molar-refractivity contribution in [3.8, 4) is 5.75 Å². The van der Waals surface area contributed by atoms with Crippen LogP contribution in [0.2, 0.25) is 0 Å². The van der Waals surface area contributed by atoms with Crippen molar-refractivity contribution in [3.63, 3.8) is 0 Å². The van der Waals surface area contributed by atoms with Gasteiger partial charge in [0.15, 0.2) is 0 Å². The number of rotatable bonds is 2. The van der Waals surface area contributed by atoms with Crippen LogP contribution in [-0.4, -0.2) is 24.1 Å². The van der Waals surface area contributed by atoms with E-state index in [0.717, 1.165) is 31.8 Å². The minimum Gasteiger partial charge on any atom is -0.410 e. The largest absolute Gasteiger partial charge is 0.415 e. The molecule has 19 heavy (non-hydrogen) atoms. The average Bonchev–Trinajstić information content (AvgIpc) is 2.65. The number of para-hydroxylation sites is 1. The predicted molar refractivity (Wildman–Crippen MR) is 76.2 cm³/mol. The third-order valence-corrected chi connectivity index (χ3v) is 3.92. The molecule has 1 fully saturated rings. The molecule has 0 N–H and O–H groups in total. The summed E-state index contributed by atoms with van der Waals surface area (Å²) in [5.41, 5.74) is 0. The van der Waals surface area contributed by atoms with Gasteiger partial charge >= 0.3 is 6.09 Å². The van der Waals surface area contributed by atoms with Crippen LogP contribution in [0.1, 0.15) is 33.1 Å². The van der Waals surface area contributed by atoms with Crippen LogP contribution < -0.4 is 4.74 Å². The summed E-state index contributed by atoms with van der Waals surface area (Å²) in [6, 6.07) is 9.29. The summed E-state index contributed by atoms with van der Waals surface area (Å²) < 4.78 is 5.39. The lowest BCUT2D eigenvalue weighted by Crippen LogP contribution is -2.34. The number of amides is 1. The zero-order chi connectivity index (χ0) is 13.7. The Balaban J connectivity index is 1.89. The van der Waals surface area contributed by atoms with Gasteiger partial charge < -0.3 is 9.64 Å². The first-order chi connectivity index (χ1) is 9.16. The zero-order valence-corrected chi connectivity index (χ0v) is 11.8. The molecular weight excluding hydrogens is 238 g/mol. The second-order valence-corrected chi connectivity index (χ2v) is 5.60. The molecule has 0 saturated carbocycles. The minimum atomic E-state index is -0.212. The molecule has 1 amide bonds. The fourth-order valence-electron chi connectivity index (χ4n) is 2.63. The van der Waals surface area contributed by atoms with Gasteiger partial charge in [-0.3, -0.25) is 0 Å². The van der Waals surface area contributed by atoms with E-state index >= 15 is 0 Å². The topological polar surface area (TPSA) is 29.5 Å². The Labute approximate surface area is 115 Å². The van der Waals surface area contributed by atoms with Gasteiger partial charge in [-0.1, -0.05) is 32.0 Å². The summed E-state index contributed by atoms with van der Waals surface area (Å²) in [6.45, 7) is 6.16. The van der Waals surface area contributed by atoms with E-state index in [1.54, 1.807) is 0 Å². The highest BCUT2D eigenvalue weighted by Gasteiger charge is 2.23. The first-order valence-corrected chi connectivity index (χ1v) is 7.18. The smallest absolute Gasteiger partial charge is 0.410 e. The van der Waals surface area contributed by atoms with Gasteiger partial charge in [0, 0.05) is 13.1 Å². The summed E-state index contributed by atoms with van der Waals surface area (Å²) in [7, 11) is 0. The number of likely N-dealkylation sites (tertiary alicyclic amines) is 1. The van der Waals surface area contributed by atoms with E-state index in [0.29, 0.717) is 11.7 Å². The Morgan fingerprint density at radius 3 is 2.63 bits per heavy atom. The van der Waals surface area contributed by atoms with Gasteiger partial charge in [-0.25, -0.2) is 4.79 Å². The highest BCUT2D eigenvalue weighted by atomic mass is 16.6. The van der Waals surface area contributed by atoms with Crippen molar-refractivity contribution in [2.45, 2.75) is 33.1 Å². The molecule has 1 unspecified atom stereocenters. The van der Waals surface area contributed by atoms with E-state index < -0.39 is 0 Å². The van der Waals surface area contributed by atoms with Gasteiger partial charge in [-0.2, -0.15) is 0 Å². The van der Waals surface area contributed by atoms with Crippen LogP contribution in [0.4, 0.5) is 4.79 Å². The summed E-state index contributed by atoms with van der Waals surface area (Å²) in [5.74, 6) is 2.05. The molecule has 0 spiro atoms. The molecule has 0 radical (unpaired) electrons. The average molecular weight is 261 g/mol. The van der Waals surface area contributed by atoms with Crippen LogP contribution in [0.25, 0.3) is 0 Å². The maximum Gasteiger partial charge on any atom is 0.415 e.